The highest BCUT2D eigenvalue weighted by Crippen LogP contribution is 2.49. The number of carbonyl (C=O) groups excluding carboxylic acids is 2. The summed E-state index contributed by atoms with van der Waals surface area (Å²) in [6.45, 7) is 0.0802. The number of hydrogen-bond acceptors (Lipinski definition) is 3. The lowest BCUT2D eigenvalue weighted by Crippen LogP contribution is -2.36. The van der Waals surface area contributed by atoms with Crippen molar-refractivity contribution in [1.82, 2.24) is 4.90 Å². The number of nitrogens with one attached hydrogen (secondary N) is 1. The Morgan fingerprint density at radius 1 is 1.29 bits per heavy atom. The minimum Gasteiger partial charge on any atom is -0.497 e. The predicted molar refractivity (Wildman–Crippen MR) is 92.8 cm³/mol. The van der Waals surface area contributed by atoms with Crippen molar-refractivity contribution in [1.29, 1.82) is 0 Å². The average Bonchev–Trinajstić information content (AvgIpc) is 3.17. The van der Waals surface area contributed by atoms with Gasteiger partial charge in [-0.05, 0) is 49.1 Å². The summed E-state index contributed by atoms with van der Waals surface area (Å²) in [6, 6.07) is 7.20. The number of anilines is 1. The van der Waals surface area contributed by atoms with Gasteiger partial charge >= 0.3 is 0 Å². The van der Waals surface area contributed by atoms with E-state index in [1.165, 1.54) is 25.7 Å². The van der Waals surface area contributed by atoms with Crippen LogP contribution in [0.4, 0.5) is 5.69 Å². The Kier molecular flexibility index (Phi) is 5.07. The van der Waals surface area contributed by atoms with Gasteiger partial charge in [-0.2, -0.15) is 0 Å². The lowest BCUT2D eigenvalue weighted by Gasteiger charge is -2.24. The number of rotatable bonds is 6. The molecular formula is C19H26N2O3. The third-order valence-corrected chi connectivity index (χ3v) is 5.48. The van der Waals surface area contributed by atoms with Crippen LogP contribution in [0.1, 0.15) is 32.1 Å². The monoisotopic (exact) mass is 330 g/mol. The van der Waals surface area contributed by atoms with E-state index in [0.29, 0.717) is 23.8 Å². The molecule has 0 saturated heterocycles. The molecule has 0 heterocycles. The van der Waals surface area contributed by atoms with Gasteiger partial charge in [0.15, 0.2) is 0 Å². The van der Waals surface area contributed by atoms with Crippen LogP contribution in [0, 0.1) is 17.8 Å². The molecule has 2 saturated carbocycles. The van der Waals surface area contributed by atoms with Crippen LogP contribution in [-0.2, 0) is 9.59 Å². The molecule has 130 valence electrons. The molecule has 3 rings (SSSR count). The lowest BCUT2D eigenvalue weighted by atomic mass is 9.86. The van der Waals surface area contributed by atoms with Gasteiger partial charge in [0, 0.05) is 25.2 Å². The van der Waals surface area contributed by atoms with E-state index < -0.39 is 0 Å². The Hall–Kier alpha value is -2.04. The normalized spacial score (nSPS) is 24.7. The predicted octanol–water partition coefficient (Wildman–Crippen LogP) is 2.92. The molecule has 5 heteroatoms. The van der Waals surface area contributed by atoms with Gasteiger partial charge in [-0.1, -0.05) is 12.5 Å². The summed E-state index contributed by atoms with van der Waals surface area (Å²) in [5, 5.41) is 2.81. The molecule has 0 spiro atoms. The van der Waals surface area contributed by atoms with Crippen LogP contribution in [0.3, 0.4) is 0 Å². The smallest absolute Gasteiger partial charge is 0.243 e. The van der Waals surface area contributed by atoms with Crippen molar-refractivity contribution in [3.05, 3.63) is 24.3 Å². The molecule has 2 bridgehead atoms. The first-order valence-electron chi connectivity index (χ1n) is 8.73. The molecule has 3 atom stereocenters. The zero-order valence-electron chi connectivity index (χ0n) is 14.5. The fourth-order valence-corrected chi connectivity index (χ4v) is 4.21. The summed E-state index contributed by atoms with van der Waals surface area (Å²) in [7, 11) is 3.30. The molecule has 0 radical (unpaired) electrons. The molecule has 2 aliphatic carbocycles. The van der Waals surface area contributed by atoms with Gasteiger partial charge in [0.1, 0.15) is 5.75 Å². The van der Waals surface area contributed by atoms with E-state index in [9.17, 15) is 9.59 Å². The van der Waals surface area contributed by atoms with Gasteiger partial charge < -0.3 is 15.0 Å². The number of likely N-dealkylation sites (N-methyl/N-ethyl adjacent to an activating group) is 1. The van der Waals surface area contributed by atoms with E-state index in [1.54, 1.807) is 31.2 Å². The molecule has 1 aromatic rings. The number of benzene rings is 1. The van der Waals surface area contributed by atoms with Gasteiger partial charge in [-0.3, -0.25) is 9.59 Å². The average molecular weight is 330 g/mol. The Labute approximate surface area is 143 Å². The number of hydrogen-bond donors (Lipinski definition) is 1. The summed E-state index contributed by atoms with van der Waals surface area (Å²) in [5.41, 5.74) is 0.674. The van der Waals surface area contributed by atoms with Gasteiger partial charge in [0.25, 0.3) is 0 Å². The molecule has 5 nitrogen and oxygen atoms in total. The van der Waals surface area contributed by atoms with Crippen molar-refractivity contribution in [2.75, 3.05) is 26.0 Å². The first kappa shape index (κ1) is 16.8. The van der Waals surface area contributed by atoms with Crippen LogP contribution in [0.2, 0.25) is 0 Å². The van der Waals surface area contributed by atoms with E-state index >= 15 is 0 Å². The molecule has 2 amide bonds. The number of carbonyl (C=O) groups is 2. The first-order valence-corrected chi connectivity index (χ1v) is 8.73. The number of ether oxygens (including phenoxy) is 1. The lowest BCUT2D eigenvalue weighted by molar-refractivity contribution is -0.134. The second-order valence-electron chi connectivity index (χ2n) is 7.17. The largest absolute Gasteiger partial charge is 0.497 e. The number of amides is 2. The van der Waals surface area contributed by atoms with Crippen LogP contribution in [-0.4, -0.2) is 37.4 Å². The molecule has 2 aliphatic rings. The van der Waals surface area contributed by atoms with E-state index in [4.69, 9.17) is 4.74 Å². The van der Waals surface area contributed by atoms with Crippen LogP contribution < -0.4 is 10.1 Å². The second kappa shape index (κ2) is 7.24. The van der Waals surface area contributed by atoms with Crippen molar-refractivity contribution in [3.63, 3.8) is 0 Å². The molecule has 2 fully saturated rings. The minimum absolute atomic E-state index is 0.0772. The maximum atomic E-state index is 12.4. The Morgan fingerprint density at radius 2 is 2.12 bits per heavy atom. The third-order valence-electron chi connectivity index (χ3n) is 5.48. The first-order chi connectivity index (χ1) is 11.5. The highest BCUT2D eigenvalue weighted by atomic mass is 16.5. The highest BCUT2D eigenvalue weighted by molar-refractivity contribution is 5.94. The van der Waals surface area contributed by atoms with Crippen molar-refractivity contribution in [3.8, 4) is 5.75 Å². The number of fused-ring (bicyclic) bond motifs is 2. The zero-order valence-corrected chi connectivity index (χ0v) is 14.5. The minimum atomic E-state index is -0.188. The van der Waals surface area contributed by atoms with E-state index in [1.807, 2.05) is 12.1 Å². The topological polar surface area (TPSA) is 58.6 Å². The fraction of sp³-hybridized carbons (Fsp3) is 0.579. The van der Waals surface area contributed by atoms with Crippen molar-refractivity contribution in [2.45, 2.75) is 32.1 Å². The zero-order chi connectivity index (χ0) is 17.1. The van der Waals surface area contributed by atoms with Gasteiger partial charge in [0.05, 0.1) is 13.7 Å². The quantitative estimate of drug-likeness (QED) is 0.872. The van der Waals surface area contributed by atoms with Crippen LogP contribution in [0.5, 0.6) is 5.75 Å². The van der Waals surface area contributed by atoms with E-state index in [-0.39, 0.29) is 18.4 Å². The van der Waals surface area contributed by atoms with E-state index in [2.05, 4.69) is 5.32 Å². The molecular weight excluding hydrogens is 304 g/mol. The molecule has 0 unspecified atom stereocenters. The van der Waals surface area contributed by atoms with E-state index in [0.717, 1.165) is 11.8 Å². The summed E-state index contributed by atoms with van der Waals surface area (Å²) in [4.78, 5) is 26.1. The van der Waals surface area contributed by atoms with Gasteiger partial charge in [0.2, 0.25) is 11.8 Å². The van der Waals surface area contributed by atoms with Crippen molar-refractivity contribution < 1.29 is 14.3 Å². The van der Waals surface area contributed by atoms with Crippen molar-refractivity contribution >= 4 is 17.5 Å². The Morgan fingerprint density at radius 3 is 2.79 bits per heavy atom. The number of methoxy groups -OCH3 is 1. The van der Waals surface area contributed by atoms with Crippen molar-refractivity contribution in [2.24, 2.45) is 17.8 Å². The second-order valence-corrected chi connectivity index (χ2v) is 7.17. The van der Waals surface area contributed by atoms with Crippen LogP contribution in [0.25, 0.3) is 0 Å². The molecule has 1 N–H and O–H groups in total. The molecule has 24 heavy (non-hydrogen) atoms. The molecule has 0 aromatic heterocycles. The maximum absolute atomic E-state index is 12.4. The maximum Gasteiger partial charge on any atom is 0.243 e. The third kappa shape index (κ3) is 3.89. The number of nitrogens with zero attached hydrogens (tertiary/aromatic N) is 1. The summed E-state index contributed by atoms with van der Waals surface area (Å²) >= 11 is 0. The van der Waals surface area contributed by atoms with Crippen LogP contribution >= 0.6 is 0 Å². The van der Waals surface area contributed by atoms with Crippen LogP contribution in [0.15, 0.2) is 24.3 Å². The van der Waals surface area contributed by atoms with Gasteiger partial charge in [-0.25, -0.2) is 0 Å². The molecule has 0 aliphatic heterocycles. The summed E-state index contributed by atoms with van der Waals surface area (Å²) in [6.07, 6.45) is 5.71. The standard InChI is InChI=1S/C19H26N2O3/c1-21(19(23)10-15-9-13-6-7-14(15)8-13)12-18(22)20-16-4-3-5-17(11-16)24-2/h3-5,11,13-15H,6-10,12H2,1-2H3,(H,20,22)/t13-,14-,15-/m0/s1. The highest BCUT2D eigenvalue weighted by Gasteiger charge is 2.40. The Balaban J connectivity index is 1.47. The fourth-order valence-electron chi connectivity index (χ4n) is 4.21. The SMILES string of the molecule is COc1cccc(NC(=O)CN(C)C(=O)C[C@@H]2C[C@H]3CC[C@H]2C3)c1. The summed E-state index contributed by atoms with van der Waals surface area (Å²) < 4.78 is 5.14. The molecule has 1 aromatic carbocycles. The van der Waals surface area contributed by atoms with Gasteiger partial charge in [-0.15, -0.1) is 0 Å². The summed E-state index contributed by atoms with van der Waals surface area (Å²) in [5.74, 6) is 2.68. The Bertz CT molecular complexity index is 616.